The zero-order valence-corrected chi connectivity index (χ0v) is 21.3. The molecule has 1 amide bonds. The second kappa shape index (κ2) is 12.0. The van der Waals surface area contributed by atoms with E-state index in [-0.39, 0.29) is 5.91 Å². The molecule has 184 valence electrons. The molecule has 4 rings (SSSR count). The summed E-state index contributed by atoms with van der Waals surface area (Å²) in [5.41, 5.74) is 4.87. The van der Waals surface area contributed by atoms with Crippen LogP contribution >= 0.6 is 11.3 Å². The number of benzene rings is 3. The maximum absolute atomic E-state index is 12.5. The van der Waals surface area contributed by atoms with Crippen LogP contribution in [-0.4, -0.2) is 24.6 Å². The fraction of sp³-hybridized carbons (Fsp3) is 0.172. The average Bonchev–Trinajstić information content (AvgIpc) is 3.36. The lowest BCUT2D eigenvalue weighted by Gasteiger charge is -2.12. The number of hydrogen-bond acceptors (Lipinski definition) is 6. The van der Waals surface area contributed by atoms with Crippen molar-refractivity contribution >= 4 is 28.5 Å². The molecule has 0 aliphatic rings. The van der Waals surface area contributed by atoms with Crippen LogP contribution in [0.4, 0.5) is 5.13 Å². The van der Waals surface area contributed by atoms with E-state index in [4.69, 9.17) is 14.2 Å². The first kappa shape index (κ1) is 25.0. The zero-order chi connectivity index (χ0) is 25.3. The van der Waals surface area contributed by atoms with Gasteiger partial charge in [0.05, 0.1) is 19.4 Å². The average molecular weight is 501 g/mol. The van der Waals surface area contributed by atoms with E-state index in [1.165, 1.54) is 23.0 Å². The van der Waals surface area contributed by atoms with E-state index in [1.807, 2.05) is 73.0 Å². The van der Waals surface area contributed by atoms with Gasteiger partial charge in [0.1, 0.15) is 12.4 Å². The minimum absolute atomic E-state index is 0.263. The Labute approximate surface area is 215 Å². The minimum Gasteiger partial charge on any atom is -0.494 e. The first-order chi connectivity index (χ1) is 17.6. The van der Waals surface area contributed by atoms with Crippen molar-refractivity contribution in [1.29, 1.82) is 0 Å². The molecule has 0 spiro atoms. The Morgan fingerprint density at radius 1 is 1.03 bits per heavy atom. The van der Waals surface area contributed by atoms with Gasteiger partial charge >= 0.3 is 0 Å². The zero-order valence-electron chi connectivity index (χ0n) is 20.5. The highest BCUT2D eigenvalue weighted by atomic mass is 32.1. The van der Waals surface area contributed by atoms with Crippen molar-refractivity contribution in [2.45, 2.75) is 20.5 Å². The van der Waals surface area contributed by atoms with E-state index in [0.717, 1.165) is 28.1 Å². The molecule has 7 heteroatoms. The van der Waals surface area contributed by atoms with Crippen LogP contribution in [0.3, 0.4) is 0 Å². The maximum Gasteiger partial charge on any atom is 0.250 e. The van der Waals surface area contributed by atoms with E-state index in [0.29, 0.717) is 29.8 Å². The normalized spacial score (nSPS) is 10.9. The third-order valence-electron chi connectivity index (χ3n) is 5.45. The number of aryl methyl sites for hydroxylation is 1. The molecule has 1 heterocycles. The Morgan fingerprint density at radius 2 is 1.83 bits per heavy atom. The largest absolute Gasteiger partial charge is 0.494 e. The second-order valence-corrected chi connectivity index (χ2v) is 8.80. The van der Waals surface area contributed by atoms with Crippen molar-refractivity contribution in [2.24, 2.45) is 0 Å². The molecule has 0 bridgehead atoms. The van der Waals surface area contributed by atoms with Crippen LogP contribution in [0.25, 0.3) is 17.3 Å². The molecule has 0 aliphatic carbocycles. The third kappa shape index (κ3) is 6.52. The predicted molar refractivity (Wildman–Crippen MR) is 145 cm³/mol. The molecule has 0 saturated carbocycles. The summed E-state index contributed by atoms with van der Waals surface area (Å²) < 4.78 is 16.9. The fourth-order valence-electron chi connectivity index (χ4n) is 3.51. The third-order valence-corrected chi connectivity index (χ3v) is 6.21. The predicted octanol–water partition coefficient (Wildman–Crippen LogP) is 6.76. The smallest absolute Gasteiger partial charge is 0.250 e. The Balaban J connectivity index is 1.36. The molecule has 0 fully saturated rings. The Kier molecular flexibility index (Phi) is 8.36. The standard InChI is InChI=1S/C29H28N2O4S/c1-4-34-24-13-11-22(12-14-24)25-19-36-29(30-25)31-28(32)16-10-21-9-15-26(27(17-21)33-3)35-18-23-8-6-5-7-20(23)2/h5-17,19H,4,18H2,1-3H3,(H,30,31,32)/b16-10+. The first-order valence-corrected chi connectivity index (χ1v) is 12.5. The van der Waals surface area contributed by atoms with Gasteiger partial charge in [0.25, 0.3) is 0 Å². The van der Waals surface area contributed by atoms with Gasteiger partial charge in [-0.05, 0) is 73.0 Å². The number of rotatable bonds is 10. The fourth-order valence-corrected chi connectivity index (χ4v) is 4.23. The van der Waals surface area contributed by atoms with Crippen molar-refractivity contribution in [3.63, 3.8) is 0 Å². The number of methoxy groups -OCH3 is 1. The summed E-state index contributed by atoms with van der Waals surface area (Å²) in [6.07, 6.45) is 3.20. The van der Waals surface area contributed by atoms with Gasteiger partial charge in [-0.2, -0.15) is 0 Å². The maximum atomic E-state index is 12.5. The molecule has 6 nitrogen and oxygen atoms in total. The Bertz CT molecular complexity index is 1350. The molecule has 0 aliphatic heterocycles. The molecule has 36 heavy (non-hydrogen) atoms. The highest BCUT2D eigenvalue weighted by Crippen LogP contribution is 2.30. The molecule has 0 radical (unpaired) electrons. The summed E-state index contributed by atoms with van der Waals surface area (Å²) in [5.74, 6) is 1.80. The molecule has 0 saturated heterocycles. The van der Waals surface area contributed by atoms with Crippen LogP contribution in [-0.2, 0) is 11.4 Å². The molecule has 3 aromatic carbocycles. The molecule has 0 unspecified atom stereocenters. The van der Waals surface area contributed by atoms with E-state index in [1.54, 1.807) is 13.2 Å². The number of anilines is 1. The van der Waals surface area contributed by atoms with E-state index < -0.39 is 0 Å². The molecular formula is C29H28N2O4S. The molecule has 4 aromatic rings. The Morgan fingerprint density at radius 3 is 2.58 bits per heavy atom. The molecular weight excluding hydrogens is 472 g/mol. The molecule has 1 N–H and O–H groups in total. The van der Waals surface area contributed by atoms with E-state index >= 15 is 0 Å². The first-order valence-electron chi connectivity index (χ1n) is 11.6. The van der Waals surface area contributed by atoms with Crippen LogP contribution < -0.4 is 19.5 Å². The van der Waals surface area contributed by atoms with Crippen LogP contribution in [0.15, 0.2) is 78.2 Å². The van der Waals surface area contributed by atoms with Crippen LogP contribution in [0.5, 0.6) is 17.2 Å². The lowest BCUT2D eigenvalue weighted by atomic mass is 10.1. The van der Waals surface area contributed by atoms with Crippen LogP contribution in [0, 0.1) is 6.92 Å². The summed E-state index contributed by atoms with van der Waals surface area (Å²) in [4.78, 5) is 17.0. The van der Waals surface area contributed by atoms with Crippen molar-refractivity contribution in [2.75, 3.05) is 19.0 Å². The van der Waals surface area contributed by atoms with Crippen molar-refractivity contribution in [3.05, 3.63) is 94.9 Å². The van der Waals surface area contributed by atoms with E-state index in [2.05, 4.69) is 23.3 Å². The number of hydrogen-bond donors (Lipinski definition) is 1. The number of ether oxygens (including phenoxy) is 3. The van der Waals surface area contributed by atoms with Gasteiger partial charge in [-0.1, -0.05) is 30.3 Å². The summed E-state index contributed by atoms with van der Waals surface area (Å²) in [6.45, 7) is 5.08. The summed E-state index contributed by atoms with van der Waals surface area (Å²) >= 11 is 1.38. The van der Waals surface area contributed by atoms with Crippen LogP contribution in [0.1, 0.15) is 23.6 Å². The number of thiazole rings is 1. The quantitative estimate of drug-likeness (QED) is 0.244. The van der Waals surface area contributed by atoms with Crippen LogP contribution in [0.2, 0.25) is 0 Å². The summed E-state index contributed by atoms with van der Waals surface area (Å²) in [5, 5.41) is 5.26. The minimum atomic E-state index is -0.263. The topological polar surface area (TPSA) is 69.7 Å². The number of nitrogens with zero attached hydrogens (tertiary/aromatic N) is 1. The Hall–Kier alpha value is -4.10. The SMILES string of the molecule is CCOc1ccc(-c2csc(NC(=O)/C=C/c3ccc(OCc4ccccc4C)c(OC)c3)n2)cc1. The summed E-state index contributed by atoms with van der Waals surface area (Å²) in [6, 6.07) is 21.4. The lowest BCUT2D eigenvalue weighted by Crippen LogP contribution is -2.07. The number of nitrogens with one attached hydrogen (secondary N) is 1. The second-order valence-electron chi connectivity index (χ2n) is 7.94. The van der Waals surface area contributed by atoms with Gasteiger partial charge in [0.15, 0.2) is 16.6 Å². The summed E-state index contributed by atoms with van der Waals surface area (Å²) in [7, 11) is 1.60. The number of carbonyl (C=O) groups is 1. The number of aromatic nitrogens is 1. The molecule has 0 atom stereocenters. The highest BCUT2D eigenvalue weighted by molar-refractivity contribution is 7.14. The molecule has 1 aromatic heterocycles. The van der Waals surface area contributed by atoms with Gasteiger partial charge in [0.2, 0.25) is 5.91 Å². The van der Waals surface area contributed by atoms with Crippen molar-refractivity contribution in [3.8, 4) is 28.5 Å². The van der Waals surface area contributed by atoms with Crippen molar-refractivity contribution < 1.29 is 19.0 Å². The van der Waals surface area contributed by atoms with Gasteiger partial charge in [-0.15, -0.1) is 11.3 Å². The lowest BCUT2D eigenvalue weighted by molar-refractivity contribution is -0.111. The highest BCUT2D eigenvalue weighted by Gasteiger charge is 2.09. The number of carbonyl (C=O) groups excluding carboxylic acids is 1. The monoisotopic (exact) mass is 500 g/mol. The van der Waals surface area contributed by atoms with Crippen molar-refractivity contribution in [1.82, 2.24) is 4.98 Å². The number of amides is 1. The van der Waals surface area contributed by atoms with Gasteiger partial charge in [0, 0.05) is 17.0 Å². The van der Waals surface area contributed by atoms with Gasteiger partial charge < -0.3 is 14.2 Å². The van der Waals surface area contributed by atoms with Gasteiger partial charge in [-0.3, -0.25) is 10.1 Å². The van der Waals surface area contributed by atoms with Gasteiger partial charge in [-0.25, -0.2) is 4.98 Å². The van der Waals surface area contributed by atoms with E-state index in [9.17, 15) is 4.79 Å².